The zero-order chi connectivity index (χ0) is 21.0. The van der Waals surface area contributed by atoms with Crippen LogP contribution in [-0.2, 0) is 0 Å². The zero-order valence-corrected chi connectivity index (χ0v) is 17.4. The van der Waals surface area contributed by atoms with Crippen molar-refractivity contribution < 1.29 is 0 Å². The minimum atomic E-state index is 0.302. The van der Waals surface area contributed by atoms with E-state index >= 15 is 0 Å². The molecule has 1 aliphatic carbocycles. The number of hydrogen-bond donors (Lipinski definition) is 1. The molecule has 0 aromatic heterocycles. The zero-order valence-electron chi connectivity index (χ0n) is 17.4. The molecule has 0 radical (unpaired) electrons. The third kappa shape index (κ3) is 3.95. The van der Waals surface area contributed by atoms with Gasteiger partial charge < -0.3 is 5.73 Å². The normalized spacial score (nSPS) is 15.5. The Kier molecular flexibility index (Phi) is 5.24. The number of para-hydroxylation sites is 1. The predicted molar refractivity (Wildman–Crippen MR) is 133 cm³/mol. The first-order valence-electron chi connectivity index (χ1n) is 10.8. The van der Waals surface area contributed by atoms with Crippen LogP contribution < -0.4 is 5.73 Å². The Morgan fingerprint density at radius 3 is 1.84 bits per heavy atom. The molecule has 4 aromatic carbocycles. The molecule has 0 heterocycles. The number of nitrogen functional groups attached to an aromatic ring is 1. The Balaban J connectivity index is 1.40. The summed E-state index contributed by atoms with van der Waals surface area (Å²) in [7, 11) is 0. The maximum atomic E-state index is 6.69. The molecule has 0 fully saturated rings. The van der Waals surface area contributed by atoms with Crippen LogP contribution in [0.3, 0.4) is 0 Å². The summed E-state index contributed by atoms with van der Waals surface area (Å²) in [6.45, 7) is 0. The molecule has 1 aliphatic rings. The fourth-order valence-electron chi connectivity index (χ4n) is 4.33. The highest BCUT2D eigenvalue weighted by Gasteiger charge is 2.17. The molecular formula is C30H25N. The van der Waals surface area contributed by atoms with E-state index in [1.807, 2.05) is 6.07 Å². The summed E-state index contributed by atoms with van der Waals surface area (Å²) in [4.78, 5) is 0. The SMILES string of the molecule is Nc1c(-c2ccc(-c3ccccc3)cc2)cccc1C1C=CC(c2ccccc2)=CC1. The molecule has 1 atom stereocenters. The largest absolute Gasteiger partial charge is 0.398 e. The van der Waals surface area contributed by atoms with Crippen molar-refractivity contribution >= 4 is 11.3 Å². The Morgan fingerprint density at radius 1 is 0.581 bits per heavy atom. The van der Waals surface area contributed by atoms with E-state index < -0.39 is 0 Å². The molecule has 0 spiro atoms. The third-order valence-electron chi connectivity index (χ3n) is 6.05. The standard InChI is InChI=1S/C30H25N/c31-30-28(26-18-14-24(15-19-26)22-8-3-1-4-9-22)12-7-13-29(30)27-20-16-25(17-21-27)23-10-5-2-6-11-23/h1-20,27H,21,31H2. The van der Waals surface area contributed by atoms with Crippen molar-refractivity contribution in [1.82, 2.24) is 0 Å². The number of anilines is 1. The number of nitrogens with two attached hydrogens (primary N) is 1. The van der Waals surface area contributed by atoms with E-state index in [0.29, 0.717) is 5.92 Å². The molecular weight excluding hydrogens is 374 g/mol. The van der Waals surface area contributed by atoms with E-state index in [1.54, 1.807) is 0 Å². The Hall–Kier alpha value is -3.84. The minimum Gasteiger partial charge on any atom is -0.398 e. The first-order valence-corrected chi connectivity index (χ1v) is 10.8. The summed E-state index contributed by atoms with van der Waals surface area (Å²) in [5, 5.41) is 0. The maximum Gasteiger partial charge on any atom is 0.0432 e. The van der Waals surface area contributed by atoms with Crippen LogP contribution in [0.2, 0.25) is 0 Å². The number of benzene rings is 4. The summed E-state index contributed by atoms with van der Waals surface area (Å²) in [5.41, 5.74) is 16.0. The van der Waals surface area contributed by atoms with Crippen molar-refractivity contribution in [1.29, 1.82) is 0 Å². The quantitative estimate of drug-likeness (QED) is 0.349. The molecule has 0 amide bonds. The monoisotopic (exact) mass is 399 g/mol. The van der Waals surface area contributed by atoms with E-state index in [0.717, 1.165) is 23.2 Å². The van der Waals surface area contributed by atoms with Gasteiger partial charge in [0, 0.05) is 17.2 Å². The van der Waals surface area contributed by atoms with Gasteiger partial charge in [-0.1, -0.05) is 121 Å². The smallest absolute Gasteiger partial charge is 0.0432 e. The minimum absolute atomic E-state index is 0.302. The van der Waals surface area contributed by atoms with Crippen LogP contribution in [-0.4, -0.2) is 0 Å². The van der Waals surface area contributed by atoms with Gasteiger partial charge in [0.15, 0.2) is 0 Å². The summed E-state index contributed by atoms with van der Waals surface area (Å²) in [6.07, 6.45) is 7.79. The van der Waals surface area contributed by atoms with E-state index in [1.165, 1.54) is 27.8 Å². The number of allylic oxidation sites excluding steroid dienone is 4. The molecule has 31 heavy (non-hydrogen) atoms. The van der Waals surface area contributed by atoms with Gasteiger partial charge in [-0.25, -0.2) is 0 Å². The fraction of sp³-hybridized carbons (Fsp3) is 0.0667. The van der Waals surface area contributed by atoms with Crippen LogP contribution >= 0.6 is 0 Å². The molecule has 1 unspecified atom stereocenters. The van der Waals surface area contributed by atoms with Crippen LogP contribution in [0.25, 0.3) is 27.8 Å². The van der Waals surface area contributed by atoms with Gasteiger partial charge in [-0.2, -0.15) is 0 Å². The van der Waals surface area contributed by atoms with Gasteiger partial charge in [0.05, 0.1) is 0 Å². The molecule has 0 bridgehead atoms. The summed E-state index contributed by atoms with van der Waals surface area (Å²) < 4.78 is 0. The van der Waals surface area contributed by atoms with Crippen LogP contribution in [0.15, 0.2) is 121 Å². The fourth-order valence-corrected chi connectivity index (χ4v) is 4.33. The lowest BCUT2D eigenvalue weighted by molar-refractivity contribution is 0.860. The first kappa shape index (κ1) is 19.1. The van der Waals surface area contributed by atoms with Crippen molar-refractivity contribution in [3.63, 3.8) is 0 Å². The highest BCUT2D eigenvalue weighted by molar-refractivity contribution is 5.81. The van der Waals surface area contributed by atoms with Gasteiger partial charge in [0.25, 0.3) is 0 Å². The molecule has 2 N–H and O–H groups in total. The average Bonchev–Trinajstić information content (AvgIpc) is 2.86. The molecule has 0 saturated heterocycles. The van der Waals surface area contributed by atoms with Crippen LogP contribution in [0.1, 0.15) is 23.5 Å². The van der Waals surface area contributed by atoms with Crippen LogP contribution in [0.5, 0.6) is 0 Å². The molecule has 0 saturated carbocycles. The van der Waals surface area contributed by atoms with E-state index in [2.05, 4.69) is 115 Å². The first-order chi connectivity index (χ1) is 15.3. The topological polar surface area (TPSA) is 26.0 Å². The second-order valence-corrected chi connectivity index (χ2v) is 7.98. The lowest BCUT2D eigenvalue weighted by Gasteiger charge is -2.20. The summed E-state index contributed by atoms with van der Waals surface area (Å²) >= 11 is 0. The second kappa shape index (κ2) is 8.49. The van der Waals surface area contributed by atoms with E-state index in [-0.39, 0.29) is 0 Å². The summed E-state index contributed by atoms with van der Waals surface area (Å²) in [5.74, 6) is 0.302. The van der Waals surface area contributed by atoms with E-state index in [9.17, 15) is 0 Å². The Bertz CT molecular complexity index is 1230. The Labute approximate surface area is 184 Å². The van der Waals surface area contributed by atoms with Crippen molar-refractivity contribution in [3.8, 4) is 22.3 Å². The van der Waals surface area contributed by atoms with Gasteiger partial charge in [-0.15, -0.1) is 0 Å². The Morgan fingerprint density at radius 2 is 1.19 bits per heavy atom. The molecule has 150 valence electrons. The van der Waals surface area contributed by atoms with Crippen molar-refractivity contribution in [2.75, 3.05) is 5.73 Å². The van der Waals surface area contributed by atoms with E-state index in [4.69, 9.17) is 5.73 Å². The molecule has 5 rings (SSSR count). The molecule has 1 heteroatoms. The number of rotatable bonds is 4. The summed E-state index contributed by atoms with van der Waals surface area (Å²) in [6, 6.07) is 36.1. The van der Waals surface area contributed by atoms with Gasteiger partial charge in [-0.3, -0.25) is 0 Å². The lowest BCUT2D eigenvalue weighted by atomic mass is 9.85. The predicted octanol–water partition coefficient (Wildman–Crippen LogP) is 7.73. The van der Waals surface area contributed by atoms with Gasteiger partial charge >= 0.3 is 0 Å². The van der Waals surface area contributed by atoms with Gasteiger partial charge in [-0.05, 0) is 39.8 Å². The maximum absolute atomic E-state index is 6.69. The molecule has 4 aromatic rings. The van der Waals surface area contributed by atoms with Crippen LogP contribution in [0.4, 0.5) is 5.69 Å². The van der Waals surface area contributed by atoms with Crippen molar-refractivity contribution in [2.24, 2.45) is 0 Å². The highest BCUT2D eigenvalue weighted by Crippen LogP contribution is 2.38. The highest BCUT2D eigenvalue weighted by atomic mass is 14.6. The van der Waals surface area contributed by atoms with Crippen LogP contribution in [0, 0.1) is 0 Å². The van der Waals surface area contributed by atoms with Crippen molar-refractivity contribution in [2.45, 2.75) is 12.3 Å². The lowest BCUT2D eigenvalue weighted by Crippen LogP contribution is -2.04. The van der Waals surface area contributed by atoms with Gasteiger partial charge in [0.1, 0.15) is 0 Å². The molecule has 0 aliphatic heterocycles. The van der Waals surface area contributed by atoms with Gasteiger partial charge in [0.2, 0.25) is 0 Å². The molecule has 1 nitrogen and oxygen atoms in total. The van der Waals surface area contributed by atoms with Crippen molar-refractivity contribution in [3.05, 3.63) is 132 Å². The third-order valence-corrected chi connectivity index (χ3v) is 6.05. The average molecular weight is 400 g/mol. The second-order valence-electron chi connectivity index (χ2n) is 7.98. The number of hydrogen-bond acceptors (Lipinski definition) is 1.